The molecule has 2 amide bonds. The Balaban J connectivity index is 1.80. The number of rotatable bonds is 8. The summed E-state index contributed by atoms with van der Waals surface area (Å²) in [6, 6.07) is 7.25. The van der Waals surface area contributed by atoms with Crippen LogP contribution in [0.5, 0.6) is 0 Å². The first-order valence-electron chi connectivity index (χ1n) is 7.94. The lowest BCUT2D eigenvalue weighted by molar-refractivity contribution is -0.152. The van der Waals surface area contributed by atoms with E-state index in [0.717, 1.165) is 5.56 Å². The van der Waals surface area contributed by atoms with Crippen molar-refractivity contribution in [3.05, 3.63) is 34.9 Å². The standard InChI is InChI=1S/C17H21ClN2O5/c1-24-7-6-19-15(21)11-25-17(23)13-8-16(22)20(10-13)9-12-4-2-3-5-14(12)18/h2-5,13H,6-11H2,1H3,(H,19,21)/t13-/m1/s1. The molecule has 1 fully saturated rings. The first-order chi connectivity index (χ1) is 12.0. The zero-order valence-corrected chi connectivity index (χ0v) is 14.8. The van der Waals surface area contributed by atoms with E-state index < -0.39 is 17.8 Å². The molecule has 2 rings (SSSR count). The highest BCUT2D eigenvalue weighted by molar-refractivity contribution is 6.31. The van der Waals surface area contributed by atoms with Crippen molar-refractivity contribution in [2.45, 2.75) is 13.0 Å². The first kappa shape index (κ1) is 19.2. The van der Waals surface area contributed by atoms with Crippen molar-refractivity contribution in [1.29, 1.82) is 0 Å². The molecule has 1 aliphatic heterocycles. The first-order valence-corrected chi connectivity index (χ1v) is 8.32. The van der Waals surface area contributed by atoms with Gasteiger partial charge in [0.1, 0.15) is 0 Å². The molecule has 25 heavy (non-hydrogen) atoms. The predicted molar refractivity (Wildman–Crippen MR) is 90.8 cm³/mol. The van der Waals surface area contributed by atoms with E-state index >= 15 is 0 Å². The monoisotopic (exact) mass is 368 g/mol. The Morgan fingerprint density at radius 2 is 2.12 bits per heavy atom. The van der Waals surface area contributed by atoms with Gasteiger partial charge in [-0.15, -0.1) is 0 Å². The van der Waals surface area contributed by atoms with Crippen LogP contribution in [0.1, 0.15) is 12.0 Å². The number of carbonyl (C=O) groups is 3. The molecule has 0 aliphatic carbocycles. The van der Waals surface area contributed by atoms with Crippen molar-refractivity contribution in [2.24, 2.45) is 5.92 Å². The molecule has 136 valence electrons. The number of halogens is 1. The highest BCUT2D eigenvalue weighted by Gasteiger charge is 2.35. The summed E-state index contributed by atoms with van der Waals surface area (Å²) in [5.41, 5.74) is 0.823. The zero-order chi connectivity index (χ0) is 18.2. The van der Waals surface area contributed by atoms with Crippen LogP contribution in [0.4, 0.5) is 0 Å². The van der Waals surface area contributed by atoms with Gasteiger partial charge in [-0.05, 0) is 11.6 Å². The quantitative estimate of drug-likeness (QED) is 0.546. The van der Waals surface area contributed by atoms with Gasteiger partial charge >= 0.3 is 5.97 Å². The molecule has 0 spiro atoms. The second-order valence-corrected chi connectivity index (χ2v) is 6.12. The summed E-state index contributed by atoms with van der Waals surface area (Å²) < 4.78 is 9.80. The zero-order valence-electron chi connectivity index (χ0n) is 14.0. The summed E-state index contributed by atoms with van der Waals surface area (Å²) in [5, 5.41) is 3.13. The summed E-state index contributed by atoms with van der Waals surface area (Å²) >= 11 is 6.10. The lowest BCUT2D eigenvalue weighted by Gasteiger charge is -2.17. The van der Waals surface area contributed by atoms with E-state index in [-0.39, 0.29) is 25.5 Å². The average Bonchev–Trinajstić information content (AvgIpc) is 2.96. The minimum Gasteiger partial charge on any atom is -0.455 e. The van der Waals surface area contributed by atoms with Crippen LogP contribution >= 0.6 is 11.6 Å². The van der Waals surface area contributed by atoms with Gasteiger partial charge in [-0.3, -0.25) is 14.4 Å². The second kappa shape index (κ2) is 9.39. The Hall–Kier alpha value is -2.12. The number of likely N-dealkylation sites (tertiary alicyclic amines) is 1. The molecule has 8 heteroatoms. The molecule has 0 radical (unpaired) electrons. The molecular weight excluding hydrogens is 348 g/mol. The molecule has 1 aliphatic rings. The lowest BCUT2D eigenvalue weighted by Crippen LogP contribution is -2.33. The fourth-order valence-corrected chi connectivity index (χ4v) is 2.71. The number of esters is 1. The van der Waals surface area contributed by atoms with Gasteiger partial charge in [0.25, 0.3) is 5.91 Å². The van der Waals surface area contributed by atoms with Crippen LogP contribution in [-0.4, -0.2) is 56.1 Å². The molecule has 1 N–H and O–H groups in total. The van der Waals surface area contributed by atoms with Gasteiger partial charge in [0.2, 0.25) is 5.91 Å². The third kappa shape index (κ3) is 5.72. The summed E-state index contributed by atoms with van der Waals surface area (Å²) in [5.74, 6) is -1.65. The highest BCUT2D eigenvalue weighted by Crippen LogP contribution is 2.24. The molecule has 0 aromatic heterocycles. The SMILES string of the molecule is COCCNC(=O)COC(=O)[C@@H]1CC(=O)N(Cc2ccccc2Cl)C1. The Kier molecular flexibility index (Phi) is 7.21. The van der Waals surface area contributed by atoms with Gasteiger partial charge in [-0.1, -0.05) is 29.8 Å². The largest absolute Gasteiger partial charge is 0.455 e. The van der Waals surface area contributed by atoms with Crippen LogP contribution in [0.15, 0.2) is 24.3 Å². The Morgan fingerprint density at radius 3 is 2.84 bits per heavy atom. The average molecular weight is 369 g/mol. The van der Waals surface area contributed by atoms with Crippen molar-refractivity contribution >= 4 is 29.4 Å². The second-order valence-electron chi connectivity index (χ2n) is 5.72. The third-order valence-electron chi connectivity index (χ3n) is 3.84. The number of nitrogens with one attached hydrogen (secondary N) is 1. The summed E-state index contributed by atoms with van der Waals surface area (Å²) in [6.45, 7) is 0.972. The topological polar surface area (TPSA) is 84.9 Å². The summed E-state index contributed by atoms with van der Waals surface area (Å²) in [4.78, 5) is 37.2. The van der Waals surface area contributed by atoms with Crippen LogP contribution in [0.25, 0.3) is 0 Å². The minimum absolute atomic E-state index is 0.0780. The van der Waals surface area contributed by atoms with Gasteiger partial charge in [0, 0.05) is 38.2 Å². The van der Waals surface area contributed by atoms with E-state index in [1.54, 1.807) is 11.0 Å². The van der Waals surface area contributed by atoms with E-state index in [4.69, 9.17) is 21.1 Å². The van der Waals surface area contributed by atoms with Gasteiger partial charge in [-0.25, -0.2) is 0 Å². The van der Waals surface area contributed by atoms with Crippen LogP contribution in [0, 0.1) is 5.92 Å². The number of ether oxygens (including phenoxy) is 2. The van der Waals surface area contributed by atoms with E-state index in [1.807, 2.05) is 18.2 Å². The van der Waals surface area contributed by atoms with E-state index in [9.17, 15) is 14.4 Å². The molecule has 0 unspecified atom stereocenters. The number of methoxy groups -OCH3 is 1. The normalized spacial score (nSPS) is 16.8. The molecule has 1 atom stereocenters. The Morgan fingerprint density at radius 1 is 1.36 bits per heavy atom. The van der Waals surface area contributed by atoms with Crippen LogP contribution < -0.4 is 5.32 Å². The van der Waals surface area contributed by atoms with Crippen molar-refractivity contribution < 1.29 is 23.9 Å². The molecule has 1 aromatic rings. The van der Waals surface area contributed by atoms with Gasteiger partial charge < -0.3 is 19.7 Å². The van der Waals surface area contributed by atoms with Gasteiger partial charge in [0.05, 0.1) is 12.5 Å². The molecule has 0 bridgehead atoms. The maximum atomic E-state index is 12.1. The van der Waals surface area contributed by atoms with Crippen LogP contribution in [-0.2, 0) is 30.4 Å². The number of carbonyl (C=O) groups excluding carboxylic acids is 3. The third-order valence-corrected chi connectivity index (χ3v) is 4.21. The summed E-state index contributed by atoms with van der Waals surface area (Å²) in [7, 11) is 1.53. The van der Waals surface area contributed by atoms with Crippen LogP contribution in [0.2, 0.25) is 5.02 Å². The molecular formula is C17H21ClN2O5. The van der Waals surface area contributed by atoms with Gasteiger partial charge in [-0.2, -0.15) is 0 Å². The van der Waals surface area contributed by atoms with Crippen molar-refractivity contribution in [3.8, 4) is 0 Å². The minimum atomic E-state index is -0.568. The fourth-order valence-electron chi connectivity index (χ4n) is 2.51. The number of nitrogens with zero attached hydrogens (tertiary/aromatic N) is 1. The number of hydrogen-bond donors (Lipinski definition) is 1. The molecule has 1 saturated heterocycles. The smallest absolute Gasteiger partial charge is 0.311 e. The molecule has 7 nitrogen and oxygen atoms in total. The molecule has 1 heterocycles. The van der Waals surface area contributed by atoms with Crippen molar-refractivity contribution in [3.63, 3.8) is 0 Å². The van der Waals surface area contributed by atoms with E-state index in [2.05, 4.69) is 5.32 Å². The van der Waals surface area contributed by atoms with Crippen molar-refractivity contribution in [1.82, 2.24) is 10.2 Å². The summed E-state index contributed by atoms with van der Waals surface area (Å²) in [6.07, 6.45) is 0.0780. The highest BCUT2D eigenvalue weighted by atomic mass is 35.5. The maximum absolute atomic E-state index is 12.1. The van der Waals surface area contributed by atoms with Crippen LogP contribution in [0.3, 0.4) is 0 Å². The number of hydrogen-bond acceptors (Lipinski definition) is 5. The van der Waals surface area contributed by atoms with Crippen molar-refractivity contribution in [2.75, 3.05) is 33.4 Å². The fraction of sp³-hybridized carbons (Fsp3) is 0.471. The maximum Gasteiger partial charge on any atom is 0.311 e. The van der Waals surface area contributed by atoms with Gasteiger partial charge in [0.15, 0.2) is 6.61 Å². The Labute approximate surface area is 151 Å². The van der Waals surface area contributed by atoms with E-state index in [1.165, 1.54) is 7.11 Å². The lowest BCUT2D eigenvalue weighted by atomic mass is 10.1. The Bertz CT molecular complexity index is 637. The number of benzene rings is 1. The number of amides is 2. The van der Waals surface area contributed by atoms with E-state index in [0.29, 0.717) is 24.7 Å². The predicted octanol–water partition coefficient (Wildman–Crippen LogP) is 0.994. The molecule has 1 aromatic carbocycles. The molecule has 0 saturated carbocycles.